The number of para-hydroxylation sites is 4. The van der Waals surface area contributed by atoms with Gasteiger partial charge in [-0.25, -0.2) is 0 Å². The van der Waals surface area contributed by atoms with Crippen LogP contribution in [0.15, 0.2) is 230 Å². The van der Waals surface area contributed by atoms with Gasteiger partial charge in [-0.05, 0) is 106 Å². The largest absolute Gasteiger partial charge is 0.382 e. The highest BCUT2D eigenvalue weighted by Gasteiger charge is 2.48. The van der Waals surface area contributed by atoms with E-state index < -0.39 is 0 Å². The van der Waals surface area contributed by atoms with E-state index in [0.29, 0.717) is 49.0 Å². The van der Waals surface area contributed by atoms with E-state index in [1.807, 2.05) is 72.8 Å². The number of hydrogen-bond acceptors (Lipinski definition) is 8. The number of carbonyl (C=O) groups is 2. The van der Waals surface area contributed by atoms with Gasteiger partial charge in [-0.1, -0.05) is 170 Å². The highest BCUT2D eigenvalue weighted by Crippen LogP contribution is 2.47. The molecule has 2 heterocycles. The molecule has 8 aromatic rings. The topological polar surface area (TPSA) is 84.0 Å². The van der Waals surface area contributed by atoms with Crippen LogP contribution in [0.25, 0.3) is 35.7 Å². The van der Waals surface area contributed by atoms with E-state index in [2.05, 4.69) is 180 Å². The molecule has 0 atom stereocenters. The summed E-state index contributed by atoms with van der Waals surface area (Å²) >= 11 is 0. The van der Waals surface area contributed by atoms with Crippen molar-refractivity contribution >= 4 is 81.6 Å². The number of carbonyl (C=O) groups excluding carboxylic acids is 2. The summed E-state index contributed by atoms with van der Waals surface area (Å²) in [6.07, 6.45) is 8.31. The average Bonchev–Trinajstić information content (AvgIpc) is 4.18. The summed E-state index contributed by atoms with van der Waals surface area (Å²) in [5.41, 5.74) is 13.8. The predicted octanol–water partition coefficient (Wildman–Crippen LogP) is 14.1. The number of fused-ring (bicyclic) bond motifs is 1. The fraction of sp³-hybridized carbons (Fsp3) is 0.147. The van der Waals surface area contributed by atoms with Gasteiger partial charge in [-0.3, -0.25) is 9.59 Å². The van der Waals surface area contributed by atoms with Gasteiger partial charge in [-0.15, -0.1) is 0 Å². The smallest absolute Gasteiger partial charge is 0.261 e. The number of ether oxygens (including phenoxy) is 4. The third-order valence-corrected chi connectivity index (χ3v) is 13.6. The normalized spacial score (nSPS) is 13.4. The van der Waals surface area contributed by atoms with Crippen molar-refractivity contribution in [3.63, 3.8) is 0 Å². The van der Waals surface area contributed by atoms with E-state index in [4.69, 9.17) is 18.9 Å². The first kappa shape index (κ1) is 52.5. The first-order valence-corrected chi connectivity index (χ1v) is 26.3. The lowest BCUT2D eigenvalue weighted by molar-refractivity contribution is -0.124. The lowest BCUT2D eigenvalue weighted by Gasteiger charge is -2.25. The Kier molecular flexibility index (Phi) is 17.4. The molecule has 10 rings (SSSR count). The van der Waals surface area contributed by atoms with Gasteiger partial charge in [0.05, 0.1) is 62.2 Å². The molecule has 0 N–H and O–H groups in total. The second-order valence-corrected chi connectivity index (χ2v) is 18.7. The number of hydrogen-bond donors (Lipinski definition) is 0. The second kappa shape index (κ2) is 25.8. The molecular formula is C68H62N4O6. The molecule has 78 heavy (non-hydrogen) atoms. The lowest BCUT2D eigenvalue weighted by Crippen LogP contribution is -2.33. The fourth-order valence-electron chi connectivity index (χ4n) is 9.78. The van der Waals surface area contributed by atoms with E-state index in [-0.39, 0.29) is 38.1 Å². The molecule has 2 amide bonds. The standard InChI is InChI=1S/C68H62N4O6/c1-75-47-49-77-45-43-69-65(55-35-27-51(28-36-55)23-25-53-31-39-61(40-32-53)71(57-15-7-3-8-16-57)58-17-9-4-10-18-58)63-64(67(69)73)66(70(68(63)74)44-46-78-50-48-76-2)56-37-29-52(30-38-56)24-26-54-33-41-62(42-34-54)72(59-19-11-5-12-20-59)60-21-13-6-14-22-60/h3-42H,43-50H2,1-2H3/b25-23+,26-24+. The molecule has 0 bridgehead atoms. The number of anilines is 6. The molecule has 2 aliphatic heterocycles. The molecule has 0 unspecified atom stereocenters. The summed E-state index contributed by atoms with van der Waals surface area (Å²) in [5, 5.41) is 0. The van der Waals surface area contributed by atoms with Gasteiger partial charge in [0, 0.05) is 61.4 Å². The molecular weight excluding hydrogens is 969 g/mol. The summed E-state index contributed by atoms with van der Waals surface area (Å²) in [6.45, 7) is 2.62. The number of rotatable bonds is 24. The average molecular weight is 1030 g/mol. The Labute approximate surface area is 457 Å². The van der Waals surface area contributed by atoms with E-state index in [9.17, 15) is 9.59 Å². The molecule has 390 valence electrons. The van der Waals surface area contributed by atoms with E-state index in [1.54, 1.807) is 24.0 Å². The van der Waals surface area contributed by atoms with Crippen molar-refractivity contribution in [3.8, 4) is 0 Å². The van der Waals surface area contributed by atoms with Gasteiger partial charge in [0.25, 0.3) is 11.8 Å². The van der Waals surface area contributed by atoms with Crippen molar-refractivity contribution in [1.29, 1.82) is 0 Å². The first-order chi connectivity index (χ1) is 38.5. The molecule has 0 aliphatic carbocycles. The van der Waals surface area contributed by atoms with Crippen LogP contribution in [-0.2, 0) is 28.5 Å². The quantitative estimate of drug-likeness (QED) is 0.0437. The van der Waals surface area contributed by atoms with Crippen LogP contribution in [-0.4, -0.2) is 88.6 Å². The van der Waals surface area contributed by atoms with Crippen molar-refractivity contribution in [1.82, 2.24) is 9.80 Å². The van der Waals surface area contributed by atoms with Gasteiger partial charge in [0.2, 0.25) is 0 Å². The molecule has 0 fully saturated rings. The van der Waals surface area contributed by atoms with Crippen LogP contribution in [0.5, 0.6) is 0 Å². The van der Waals surface area contributed by atoms with Crippen molar-refractivity contribution in [2.45, 2.75) is 0 Å². The van der Waals surface area contributed by atoms with Crippen molar-refractivity contribution in [2.24, 2.45) is 0 Å². The molecule has 10 heteroatoms. The van der Waals surface area contributed by atoms with Crippen molar-refractivity contribution in [2.75, 3.05) is 76.8 Å². The number of methoxy groups -OCH3 is 2. The minimum atomic E-state index is -0.252. The Morgan fingerprint density at radius 1 is 0.333 bits per heavy atom. The fourth-order valence-corrected chi connectivity index (χ4v) is 9.78. The van der Waals surface area contributed by atoms with E-state index in [0.717, 1.165) is 67.5 Å². The minimum Gasteiger partial charge on any atom is -0.382 e. The third-order valence-electron chi connectivity index (χ3n) is 13.6. The Bertz CT molecular complexity index is 3070. The maximum Gasteiger partial charge on any atom is 0.261 e. The molecule has 0 saturated heterocycles. The highest BCUT2D eigenvalue weighted by molar-refractivity contribution is 6.30. The Balaban J connectivity index is 0.924. The van der Waals surface area contributed by atoms with Crippen LogP contribution in [0.4, 0.5) is 34.1 Å². The number of benzene rings is 8. The predicted molar refractivity (Wildman–Crippen MR) is 316 cm³/mol. The summed E-state index contributed by atoms with van der Waals surface area (Å²) < 4.78 is 22.3. The van der Waals surface area contributed by atoms with Crippen LogP contribution in [0, 0.1) is 0 Å². The molecule has 2 aliphatic rings. The van der Waals surface area contributed by atoms with Gasteiger partial charge < -0.3 is 38.5 Å². The molecule has 8 aromatic carbocycles. The second-order valence-electron chi connectivity index (χ2n) is 18.7. The number of amides is 2. The maximum atomic E-state index is 15.0. The highest BCUT2D eigenvalue weighted by atomic mass is 16.5. The molecule has 0 spiro atoms. The summed E-state index contributed by atoms with van der Waals surface area (Å²) in [5.74, 6) is -0.505. The summed E-state index contributed by atoms with van der Waals surface area (Å²) in [7, 11) is 3.25. The molecule has 0 radical (unpaired) electrons. The van der Waals surface area contributed by atoms with Crippen LogP contribution in [0.2, 0.25) is 0 Å². The number of nitrogens with zero attached hydrogens (tertiary/aromatic N) is 4. The molecule has 10 nitrogen and oxygen atoms in total. The van der Waals surface area contributed by atoms with Gasteiger partial charge in [0.15, 0.2) is 0 Å². The Morgan fingerprint density at radius 3 is 0.885 bits per heavy atom. The first-order valence-electron chi connectivity index (χ1n) is 26.3. The van der Waals surface area contributed by atoms with Crippen LogP contribution >= 0.6 is 0 Å². The maximum absolute atomic E-state index is 15.0. The van der Waals surface area contributed by atoms with Crippen LogP contribution in [0.3, 0.4) is 0 Å². The zero-order chi connectivity index (χ0) is 53.5. The van der Waals surface area contributed by atoms with Gasteiger partial charge in [-0.2, -0.15) is 0 Å². The lowest BCUT2D eigenvalue weighted by atomic mass is 10.0. The Hall–Kier alpha value is -8.90. The minimum absolute atomic E-state index is 0.246. The summed E-state index contributed by atoms with van der Waals surface area (Å²) in [4.78, 5) is 37.8. The third kappa shape index (κ3) is 12.2. The van der Waals surface area contributed by atoms with E-state index >= 15 is 0 Å². The monoisotopic (exact) mass is 1030 g/mol. The zero-order valence-electron chi connectivity index (χ0n) is 44.0. The SMILES string of the molecule is COCCOCCN1C(=O)C2=C(c3ccc(/C=C/c4ccc(N(c5ccccc5)c5ccccc5)cc4)cc3)N(CCOCCOC)C(=O)C2=C1c1ccc(/C=C/c2ccc(N(c3ccccc3)c3ccccc3)cc2)cc1. The van der Waals surface area contributed by atoms with Crippen molar-refractivity contribution in [3.05, 3.63) is 263 Å². The van der Waals surface area contributed by atoms with Crippen LogP contribution in [0.1, 0.15) is 33.4 Å². The van der Waals surface area contributed by atoms with E-state index in [1.165, 1.54) is 0 Å². The Morgan fingerprint density at radius 2 is 0.603 bits per heavy atom. The molecule has 0 saturated carbocycles. The van der Waals surface area contributed by atoms with Gasteiger partial charge in [0.1, 0.15) is 0 Å². The molecule has 0 aromatic heterocycles. The van der Waals surface area contributed by atoms with Gasteiger partial charge >= 0.3 is 0 Å². The van der Waals surface area contributed by atoms with Crippen molar-refractivity contribution < 1.29 is 28.5 Å². The van der Waals surface area contributed by atoms with Crippen LogP contribution < -0.4 is 9.80 Å². The zero-order valence-corrected chi connectivity index (χ0v) is 44.0. The summed E-state index contributed by atoms with van der Waals surface area (Å²) in [6, 6.07) is 74.4.